The van der Waals surface area contributed by atoms with Crippen molar-refractivity contribution in [1.29, 1.82) is 0 Å². The van der Waals surface area contributed by atoms with Crippen LogP contribution >= 0.6 is 0 Å². The van der Waals surface area contributed by atoms with Gasteiger partial charge in [-0.25, -0.2) is 0 Å². The van der Waals surface area contributed by atoms with E-state index in [0.29, 0.717) is 24.7 Å². The van der Waals surface area contributed by atoms with Crippen molar-refractivity contribution >= 4 is 11.7 Å². The van der Waals surface area contributed by atoms with Gasteiger partial charge >= 0.3 is 0 Å². The molecule has 7 nitrogen and oxygen atoms in total. The summed E-state index contributed by atoms with van der Waals surface area (Å²) >= 11 is 0. The molecule has 0 fully saturated rings. The molecule has 0 spiro atoms. The Hall–Kier alpha value is -2.54. The summed E-state index contributed by atoms with van der Waals surface area (Å²) in [5, 5.41) is 10.7. The molecule has 0 unspecified atom stereocenters. The van der Waals surface area contributed by atoms with Gasteiger partial charge in [-0.15, -0.1) is 0 Å². The van der Waals surface area contributed by atoms with Gasteiger partial charge in [0.25, 0.3) is 5.91 Å². The van der Waals surface area contributed by atoms with E-state index in [1.807, 2.05) is 32.2 Å². The summed E-state index contributed by atoms with van der Waals surface area (Å²) in [5.41, 5.74) is 2.08. The lowest BCUT2D eigenvalue weighted by Crippen LogP contribution is -2.26. The molecule has 1 aromatic heterocycles. The molecule has 0 aliphatic carbocycles. The second-order valence-electron chi connectivity index (χ2n) is 5.54. The predicted molar refractivity (Wildman–Crippen MR) is 90.4 cm³/mol. The van der Waals surface area contributed by atoms with Crippen LogP contribution in [0.5, 0.6) is 11.5 Å². The molecule has 0 atom stereocenters. The van der Waals surface area contributed by atoms with Gasteiger partial charge in [-0.2, -0.15) is 5.10 Å². The van der Waals surface area contributed by atoms with Crippen molar-refractivity contribution in [2.24, 2.45) is 7.05 Å². The Kier molecular flexibility index (Phi) is 5.00. The van der Waals surface area contributed by atoms with Crippen LogP contribution in [0.3, 0.4) is 0 Å². The molecule has 7 heteroatoms. The van der Waals surface area contributed by atoms with Crippen molar-refractivity contribution in [1.82, 2.24) is 15.1 Å². The molecule has 2 N–H and O–H groups in total. The Morgan fingerprint density at radius 3 is 2.83 bits per heavy atom. The molecule has 1 aliphatic heterocycles. The summed E-state index contributed by atoms with van der Waals surface area (Å²) in [5.74, 6) is 1.69. The van der Waals surface area contributed by atoms with Gasteiger partial charge in [-0.1, -0.05) is 12.1 Å². The van der Waals surface area contributed by atoms with Gasteiger partial charge < -0.3 is 20.1 Å². The monoisotopic (exact) mass is 330 g/mol. The van der Waals surface area contributed by atoms with Crippen LogP contribution in [0.25, 0.3) is 0 Å². The van der Waals surface area contributed by atoms with Crippen LogP contribution in [0.1, 0.15) is 18.2 Å². The zero-order valence-corrected chi connectivity index (χ0v) is 14.0. The lowest BCUT2D eigenvalue weighted by atomic mass is 10.1. The third-order valence-corrected chi connectivity index (χ3v) is 3.83. The van der Waals surface area contributed by atoms with Gasteiger partial charge in [0.05, 0.1) is 12.3 Å². The average molecular weight is 330 g/mol. The first-order chi connectivity index (χ1) is 11.7. The molecule has 0 bridgehead atoms. The number of aromatic nitrogens is 2. The number of fused-ring (bicyclic) bond motifs is 1. The van der Waals surface area contributed by atoms with Gasteiger partial charge in [0.1, 0.15) is 5.82 Å². The van der Waals surface area contributed by atoms with Crippen molar-refractivity contribution in [3.8, 4) is 11.5 Å². The van der Waals surface area contributed by atoms with E-state index in [-0.39, 0.29) is 12.5 Å². The van der Waals surface area contributed by atoms with E-state index in [4.69, 9.17) is 9.47 Å². The number of hydrogen-bond acceptors (Lipinski definition) is 5. The number of para-hydroxylation sites is 2. The standard InChI is InChI=1S/C17H22N4O3/c1-3-23-14-6-4-5-7-15(14)24-11-16(22)19-17-12-10-18-9-8-13(12)20-21(17)2/h4-7,18H,3,8-11H2,1-2H3,(H,19,22). The third kappa shape index (κ3) is 3.51. The number of carbonyl (C=O) groups excluding carboxylic acids is 1. The number of nitrogens with one attached hydrogen (secondary N) is 2. The maximum absolute atomic E-state index is 12.3. The lowest BCUT2D eigenvalue weighted by Gasteiger charge is -2.14. The van der Waals surface area contributed by atoms with Crippen molar-refractivity contribution in [3.05, 3.63) is 35.5 Å². The highest BCUT2D eigenvalue weighted by molar-refractivity contribution is 5.92. The molecule has 1 aromatic carbocycles. The van der Waals surface area contributed by atoms with Gasteiger partial charge in [0, 0.05) is 32.1 Å². The molecule has 1 aliphatic rings. The van der Waals surface area contributed by atoms with Crippen LogP contribution in [-0.4, -0.2) is 35.4 Å². The topological polar surface area (TPSA) is 77.4 Å². The summed E-state index contributed by atoms with van der Waals surface area (Å²) in [4.78, 5) is 12.3. The molecular weight excluding hydrogens is 308 g/mol. The maximum Gasteiger partial charge on any atom is 0.263 e. The Balaban J connectivity index is 1.64. The molecule has 128 valence electrons. The Morgan fingerprint density at radius 2 is 2.08 bits per heavy atom. The van der Waals surface area contributed by atoms with E-state index in [9.17, 15) is 4.79 Å². The molecule has 24 heavy (non-hydrogen) atoms. The molecule has 2 aromatic rings. The number of hydrogen-bond donors (Lipinski definition) is 2. The zero-order valence-electron chi connectivity index (χ0n) is 14.0. The minimum atomic E-state index is -0.224. The SMILES string of the molecule is CCOc1ccccc1OCC(=O)Nc1c2c(nn1C)CCNC2. The van der Waals surface area contributed by atoms with Crippen molar-refractivity contribution < 1.29 is 14.3 Å². The summed E-state index contributed by atoms with van der Waals surface area (Å²) in [6, 6.07) is 7.32. The first-order valence-electron chi connectivity index (χ1n) is 8.09. The fourth-order valence-electron chi connectivity index (χ4n) is 2.74. The van der Waals surface area contributed by atoms with Gasteiger partial charge in [0.15, 0.2) is 18.1 Å². The summed E-state index contributed by atoms with van der Waals surface area (Å²) < 4.78 is 12.8. The Morgan fingerprint density at radius 1 is 1.33 bits per heavy atom. The molecule has 0 saturated carbocycles. The molecule has 2 heterocycles. The van der Waals surface area contributed by atoms with Gasteiger partial charge in [-0.3, -0.25) is 9.48 Å². The van der Waals surface area contributed by atoms with Gasteiger partial charge in [0.2, 0.25) is 0 Å². The van der Waals surface area contributed by atoms with Crippen LogP contribution < -0.4 is 20.1 Å². The van der Waals surface area contributed by atoms with E-state index in [1.54, 1.807) is 10.7 Å². The van der Waals surface area contributed by atoms with Crippen LogP contribution in [-0.2, 0) is 24.8 Å². The summed E-state index contributed by atoms with van der Waals surface area (Å²) in [6.45, 7) is 3.99. The second kappa shape index (κ2) is 7.35. The Labute approximate surface area is 140 Å². The number of anilines is 1. The van der Waals surface area contributed by atoms with Crippen LogP contribution in [0.15, 0.2) is 24.3 Å². The fourth-order valence-corrected chi connectivity index (χ4v) is 2.74. The molecule has 0 saturated heterocycles. The van der Waals surface area contributed by atoms with Gasteiger partial charge in [-0.05, 0) is 19.1 Å². The lowest BCUT2D eigenvalue weighted by molar-refractivity contribution is -0.118. The van der Waals surface area contributed by atoms with E-state index in [2.05, 4.69) is 15.7 Å². The first kappa shape index (κ1) is 16.3. The number of aryl methyl sites for hydroxylation is 1. The second-order valence-corrected chi connectivity index (χ2v) is 5.54. The molecule has 3 rings (SSSR count). The largest absolute Gasteiger partial charge is 0.490 e. The highest BCUT2D eigenvalue weighted by Gasteiger charge is 2.20. The number of amides is 1. The molecule has 1 amide bonds. The Bertz CT molecular complexity index is 727. The number of benzene rings is 1. The predicted octanol–water partition coefficient (Wildman–Crippen LogP) is 1.48. The maximum atomic E-state index is 12.3. The average Bonchev–Trinajstić information content (AvgIpc) is 2.90. The number of carbonyl (C=O) groups is 1. The van der Waals surface area contributed by atoms with Crippen LogP contribution in [0.4, 0.5) is 5.82 Å². The number of ether oxygens (including phenoxy) is 2. The van der Waals surface area contributed by atoms with Crippen molar-refractivity contribution in [2.75, 3.05) is 25.1 Å². The smallest absolute Gasteiger partial charge is 0.263 e. The summed E-state index contributed by atoms with van der Waals surface area (Å²) in [7, 11) is 1.83. The number of rotatable bonds is 6. The van der Waals surface area contributed by atoms with E-state index in [0.717, 1.165) is 30.0 Å². The molecule has 0 radical (unpaired) electrons. The van der Waals surface area contributed by atoms with E-state index < -0.39 is 0 Å². The normalized spacial score (nSPS) is 13.2. The van der Waals surface area contributed by atoms with E-state index in [1.165, 1.54) is 0 Å². The zero-order chi connectivity index (χ0) is 16.9. The molecular formula is C17H22N4O3. The summed E-state index contributed by atoms with van der Waals surface area (Å²) in [6.07, 6.45) is 0.872. The first-order valence-corrected chi connectivity index (χ1v) is 8.09. The quantitative estimate of drug-likeness (QED) is 0.839. The van der Waals surface area contributed by atoms with Crippen LogP contribution in [0.2, 0.25) is 0 Å². The highest BCUT2D eigenvalue weighted by Crippen LogP contribution is 2.26. The fraction of sp³-hybridized carbons (Fsp3) is 0.412. The van der Waals surface area contributed by atoms with Crippen molar-refractivity contribution in [3.63, 3.8) is 0 Å². The minimum absolute atomic E-state index is 0.0858. The number of nitrogens with zero attached hydrogens (tertiary/aromatic N) is 2. The van der Waals surface area contributed by atoms with E-state index >= 15 is 0 Å². The van der Waals surface area contributed by atoms with Crippen LogP contribution in [0, 0.1) is 0 Å². The highest BCUT2D eigenvalue weighted by atomic mass is 16.5. The third-order valence-electron chi connectivity index (χ3n) is 3.83. The minimum Gasteiger partial charge on any atom is -0.490 e. The van der Waals surface area contributed by atoms with Crippen molar-refractivity contribution in [2.45, 2.75) is 19.9 Å².